The molecule has 0 spiro atoms. The van der Waals surface area contributed by atoms with E-state index in [1.807, 2.05) is 0 Å². The largest absolute Gasteiger partial charge is 0.351 e. The Hall–Kier alpha value is -2.64. The molecule has 1 saturated carbocycles. The quantitative estimate of drug-likeness (QED) is 0.664. The van der Waals surface area contributed by atoms with Crippen LogP contribution in [0.2, 0.25) is 0 Å². The summed E-state index contributed by atoms with van der Waals surface area (Å²) < 4.78 is 1.52. The Kier molecular flexibility index (Phi) is 6.67. The number of hydrogen-bond acceptors (Lipinski definition) is 4. The first-order chi connectivity index (χ1) is 15.4. The van der Waals surface area contributed by atoms with Crippen molar-refractivity contribution in [3.05, 3.63) is 29.1 Å². The summed E-state index contributed by atoms with van der Waals surface area (Å²) in [7, 11) is 1.65. The van der Waals surface area contributed by atoms with E-state index in [9.17, 15) is 14.4 Å². The lowest BCUT2D eigenvalue weighted by atomic mass is 9.92. The summed E-state index contributed by atoms with van der Waals surface area (Å²) in [6, 6.07) is 1.70. The molecule has 1 aliphatic heterocycles. The van der Waals surface area contributed by atoms with Gasteiger partial charge in [-0.2, -0.15) is 5.10 Å². The van der Waals surface area contributed by atoms with Crippen molar-refractivity contribution in [3.8, 4) is 0 Å². The number of nitrogens with zero attached hydrogens (tertiary/aromatic N) is 3. The van der Waals surface area contributed by atoms with Gasteiger partial charge in [0, 0.05) is 25.7 Å². The van der Waals surface area contributed by atoms with Crippen molar-refractivity contribution in [2.45, 2.75) is 89.3 Å². The fourth-order valence-electron chi connectivity index (χ4n) is 4.98. The molecule has 0 bridgehead atoms. The van der Waals surface area contributed by atoms with Crippen LogP contribution in [0.5, 0.6) is 0 Å². The molecule has 2 aliphatic carbocycles. The predicted molar refractivity (Wildman–Crippen MR) is 121 cm³/mol. The Balaban J connectivity index is 1.41. The number of allylic oxidation sites excluding steroid dienone is 1. The van der Waals surface area contributed by atoms with Crippen LogP contribution in [0.3, 0.4) is 0 Å². The molecule has 8 nitrogen and oxygen atoms in total. The molecule has 1 fully saturated rings. The predicted octanol–water partition coefficient (Wildman–Crippen LogP) is 2.80. The molecule has 8 heteroatoms. The maximum absolute atomic E-state index is 13.2. The number of fused-ring (bicyclic) bond motifs is 1. The summed E-state index contributed by atoms with van der Waals surface area (Å²) in [6.07, 6.45) is 13.2. The first-order valence-corrected chi connectivity index (χ1v) is 12.0. The minimum atomic E-state index is -1.05. The Morgan fingerprint density at radius 2 is 1.97 bits per heavy atom. The highest BCUT2D eigenvalue weighted by molar-refractivity contribution is 6.01. The summed E-state index contributed by atoms with van der Waals surface area (Å²) in [5, 5.41) is 10.4. The zero-order valence-electron chi connectivity index (χ0n) is 19.3. The molecule has 4 rings (SSSR count). The molecule has 1 aromatic rings. The van der Waals surface area contributed by atoms with E-state index in [1.165, 1.54) is 40.5 Å². The van der Waals surface area contributed by atoms with Crippen molar-refractivity contribution < 1.29 is 14.4 Å². The second-order valence-corrected chi connectivity index (χ2v) is 9.63. The van der Waals surface area contributed by atoms with Gasteiger partial charge >= 0.3 is 0 Å². The Labute approximate surface area is 189 Å². The average Bonchev–Trinajstić information content (AvgIpc) is 3.23. The van der Waals surface area contributed by atoms with E-state index in [4.69, 9.17) is 0 Å². The second-order valence-electron chi connectivity index (χ2n) is 9.63. The van der Waals surface area contributed by atoms with Crippen molar-refractivity contribution in [2.24, 2.45) is 0 Å². The monoisotopic (exact) mass is 441 g/mol. The van der Waals surface area contributed by atoms with Crippen molar-refractivity contribution >= 4 is 17.7 Å². The van der Waals surface area contributed by atoms with Gasteiger partial charge in [-0.15, -0.1) is 0 Å². The molecule has 0 aromatic carbocycles. The zero-order valence-corrected chi connectivity index (χ0v) is 19.3. The van der Waals surface area contributed by atoms with Gasteiger partial charge in [-0.3, -0.25) is 19.1 Å². The van der Waals surface area contributed by atoms with Gasteiger partial charge in [0.25, 0.3) is 11.8 Å². The summed E-state index contributed by atoms with van der Waals surface area (Å²) in [5.74, 6) is -0.739. The smallest absolute Gasteiger partial charge is 0.272 e. The molecule has 3 aliphatic rings. The molecule has 2 heterocycles. The number of nitrogens with one attached hydrogen (secondary N) is 2. The molecular weight excluding hydrogens is 406 g/mol. The van der Waals surface area contributed by atoms with Crippen LogP contribution >= 0.6 is 0 Å². The van der Waals surface area contributed by atoms with Crippen molar-refractivity contribution in [3.63, 3.8) is 0 Å². The molecule has 174 valence electrons. The van der Waals surface area contributed by atoms with Gasteiger partial charge in [-0.25, -0.2) is 0 Å². The maximum atomic E-state index is 13.2. The van der Waals surface area contributed by atoms with E-state index in [1.54, 1.807) is 14.0 Å². The van der Waals surface area contributed by atoms with Crippen LogP contribution in [0, 0.1) is 0 Å². The normalized spacial score (nSPS) is 24.0. The number of likely N-dealkylation sites (N-methyl/N-ethyl adjacent to an activating group) is 1. The van der Waals surface area contributed by atoms with E-state index in [-0.39, 0.29) is 36.0 Å². The lowest BCUT2D eigenvalue weighted by Crippen LogP contribution is -2.63. The molecule has 32 heavy (non-hydrogen) atoms. The Morgan fingerprint density at radius 3 is 2.69 bits per heavy atom. The standard InChI is InChI=1S/C24H35N5O3/c1-24(23(32)26-18-11-7-4-8-12-18)16-29-20(22(31)28(24)2)15-19(27-29)21(30)25-14-13-17-9-5-3-6-10-17/h9,15,18H,3-8,10-14,16H2,1-2H3,(H,25,30)(H,26,32)/t24-/m0/s1. The van der Waals surface area contributed by atoms with Crippen LogP contribution in [0.15, 0.2) is 17.7 Å². The summed E-state index contributed by atoms with van der Waals surface area (Å²) in [4.78, 5) is 40.3. The summed E-state index contributed by atoms with van der Waals surface area (Å²) in [6.45, 7) is 2.55. The molecular formula is C24H35N5O3. The topological polar surface area (TPSA) is 96.3 Å². The fourth-order valence-corrected chi connectivity index (χ4v) is 4.98. The highest BCUT2D eigenvalue weighted by Gasteiger charge is 2.46. The highest BCUT2D eigenvalue weighted by Crippen LogP contribution is 2.27. The SMILES string of the molecule is CN1C(=O)c2cc(C(=O)NCCC3=CCCCC3)nn2C[C@@]1(C)C(=O)NC1CCCCC1. The number of hydrogen-bond donors (Lipinski definition) is 2. The third-order valence-corrected chi connectivity index (χ3v) is 7.28. The van der Waals surface area contributed by atoms with Gasteiger partial charge in [-0.05, 0) is 51.9 Å². The van der Waals surface area contributed by atoms with Crippen molar-refractivity contribution in [1.82, 2.24) is 25.3 Å². The Morgan fingerprint density at radius 1 is 1.19 bits per heavy atom. The number of carbonyl (C=O) groups excluding carboxylic acids is 3. The van der Waals surface area contributed by atoms with Crippen LogP contribution in [0.4, 0.5) is 0 Å². The first kappa shape index (κ1) is 22.6. The van der Waals surface area contributed by atoms with Crippen LogP contribution in [0.1, 0.15) is 92.1 Å². The maximum Gasteiger partial charge on any atom is 0.272 e. The molecule has 1 aromatic heterocycles. The third kappa shape index (κ3) is 4.59. The van der Waals surface area contributed by atoms with E-state index in [0.717, 1.165) is 44.9 Å². The van der Waals surface area contributed by atoms with E-state index in [0.29, 0.717) is 12.2 Å². The number of aromatic nitrogens is 2. The summed E-state index contributed by atoms with van der Waals surface area (Å²) >= 11 is 0. The molecule has 3 amide bonds. The molecule has 0 unspecified atom stereocenters. The highest BCUT2D eigenvalue weighted by atomic mass is 16.2. The van der Waals surface area contributed by atoms with Gasteiger partial charge in [0.1, 0.15) is 11.2 Å². The van der Waals surface area contributed by atoms with Crippen LogP contribution < -0.4 is 10.6 Å². The summed E-state index contributed by atoms with van der Waals surface area (Å²) in [5.41, 5.74) is 0.915. The molecule has 2 N–H and O–H groups in total. The van der Waals surface area contributed by atoms with Crippen LogP contribution in [0.25, 0.3) is 0 Å². The van der Waals surface area contributed by atoms with Gasteiger partial charge in [0.15, 0.2) is 5.69 Å². The minimum Gasteiger partial charge on any atom is -0.351 e. The van der Waals surface area contributed by atoms with Crippen molar-refractivity contribution in [2.75, 3.05) is 13.6 Å². The van der Waals surface area contributed by atoms with Gasteiger partial charge < -0.3 is 15.5 Å². The lowest BCUT2D eigenvalue weighted by molar-refractivity contribution is -0.133. The first-order valence-electron chi connectivity index (χ1n) is 12.0. The third-order valence-electron chi connectivity index (χ3n) is 7.28. The number of rotatable bonds is 6. The van der Waals surface area contributed by atoms with E-state index >= 15 is 0 Å². The van der Waals surface area contributed by atoms with Gasteiger partial charge in [0.05, 0.1) is 6.54 Å². The van der Waals surface area contributed by atoms with Crippen LogP contribution in [-0.4, -0.2) is 57.6 Å². The number of carbonyl (C=O) groups is 3. The molecule has 1 atom stereocenters. The fraction of sp³-hybridized carbons (Fsp3) is 0.667. The minimum absolute atomic E-state index is 0.159. The second kappa shape index (κ2) is 9.46. The van der Waals surface area contributed by atoms with Gasteiger partial charge in [-0.1, -0.05) is 30.9 Å². The molecule has 0 radical (unpaired) electrons. The lowest BCUT2D eigenvalue weighted by Gasteiger charge is -2.41. The van der Waals surface area contributed by atoms with Crippen LogP contribution in [-0.2, 0) is 11.3 Å². The average molecular weight is 442 g/mol. The van der Waals surface area contributed by atoms with E-state index < -0.39 is 5.54 Å². The van der Waals surface area contributed by atoms with Gasteiger partial charge in [0.2, 0.25) is 5.91 Å². The molecule has 0 saturated heterocycles. The van der Waals surface area contributed by atoms with Crippen molar-refractivity contribution in [1.29, 1.82) is 0 Å². The van der Waals surface area contributed by atoms with E-state index in [2.05, 4.69) is 21.8 Å². The Bertz CT molecular complexity index is 915. The zero-order chi connectivity index (χ0) is 22.7. The number of amides is 3.